The first-order valence-corrected chi connectivity index (χ1v) is 11.4. The summed E-state index contributed by atoms with van der Waals surface area (Å²) in [6.45, 7) is 6.89. The van der Waals surface area contributed by atoms with Crippen LogP contribution in [0.25, 0.3) is 0 Å². The number of rotatable bonds is 7. The molecule has 1 saturated carbocycles. The Morgan fingerprint density at radius 1 is 1.03 bits per heavy atom. The van der Waals surface area contributed by atoms with Gasteiger partial charge in [0, 0.05) is 30.9 Å². The highest BCUT2D eigenvalue weighted by molar-refractivity contribution is 5.89. The number of piperidine rings is 1. The zero-order valence-electron chi connectivity index (χ0n) is 18.3. The van der Waals surface area contributed by atoms with E-state index in [9.17, 15) is 9.59 Å². The average molecular weight is 417 g/mol. The number of nitrogens with zero attached hydrogens (tertiary/aromatic N) is 1. The molecule has 0 aromatic heterocycles. The van der Waals surface area contributed by atoms with Crippen LogP contribution >= 0.6 is 0 Å². The number of carbonyl (C=O) groups is 2. The van der Waals surface area contributed by atoms with Gasteiger partial charge in [-0.05, 0) is 62.8 Å². The van der Waals surface area contributed by atoms with Crippen molar-refractivity contribution in [1.29, 1.82) is 0 Å². The van der Waals surface area contributed by atoms with E-state index < -0.39 is 0 Å². The number of carbonyl (C=O) groups excluding carboxylic acids is 2. The SMILES string of the molecule is CCOc1ccc(NC(=O)NC2CCN(CC(=O)N[C@@H]3CCCC[C@H]3C)CC2)cc1. The van der Waals surface area contributed by atoms with Crippen molar-refractivity contribution in [2.24, 2.45) is 5.92 Å². The van der Waals surface area contributed by atoms with Crippen molar-refractivity contribution in [2.45, 2.75) is 64.5 Å². The van der Waals surface area contributed by atoms with E-state index in [1.165, 1.54) is 19.3 Å². The third kappa shape index (κ3) is 6.90. The predicted molar refractivity (Wildman–Crippen MR) is 119 cm³/mol. The Balaban J connectivity index is 1.34. The molecule has 2 fully saturated rings. The van der Waals surface area contributed by atoms with Gasteiger partial charge in [-0.25, -0.2) is 4.79 Å². The third-order valence-corrected chi connectivity index (χ3v) is 6.17. The number of likely N-dealkylation sites (tertiary alicyclic amines) is 1. The number of benzene rings is 1. The highest BCUT2D eigenvalue weighted by atomic mass is 16.5. The van der Waals surface area contributed by atoms with Crippen LogP contribution in [-0.4, -0.2) is 55.2 Å². The molecule has 1 aromatic rings. The van der Waals surface area contributed by atoms with E-state index in [1.807, 2.05) is 31.2 Å². The van der Waals surface area contributed by atoms with Crippen LogP contribution in [0.3, 0.4) is 0 Å². The van der Waals surface area contributed by atoms with Crippen LogP contribution in [-0.2, 0) is 4.79 Å². The number of hydrogen-bond acceptors (Lipinski definition) is 4. The lowest BCUT2D eigenvalue weighted by molar-refractivity contribution is -0.123. The molecule has 7 heteroatoms. The van der Waals surface area contributed by atoms with Crippen LogP contribution in [0.2, 0.25) is 0 Å². The molecule has 3 rings (SSSR count). The van der Waals surface area contributed by atoms with Crippen molar-refractivity contribution < 1.29 is 14.3 Å². The Labute approximate surface area is 179 Å². The molecular formula is C23H36N4O3. The van der Waals surface area contributed by atoms with E-state index in [2.05, 4.69) is 27.8 Å². The second kappa shape index (κ2) is 11.2. The summed E-state index contributed by atoms with van der Waals surface area (Å²) >= 11 is 0. The number of urea groups is 1. The van der Waals surface area contributed by atoms with E-state index in [-0.39, 0.29) is 18.0 Å². The minimum Gasteiger partial charge on any atom is -0.494 e. The van der Waals surface area contributed by atoms with E-state index in [0.29, 0.717) is 25.1 Å². The summed E-state index contributed by atoms with van der Waals surface area (Å²) in [6.07, 6.45) is 6.50. The van der Waals surface area contributed by atoms with Crippen molar-refractivity contribution in [3.05, 3.63) is 24.3 Å². The normalized spacial score (nSPS) is 22.9. The van der Waals surface area contributed by atoms with E-state index in [4.69, 9.17) is 4.74 Å². The van der Waals surface area contributed by atoms with Crippen molar-refractivity contribution in [2.75, 3.05) is 31.6 Å². The van der Waals surface area contributed by atoms with Crippen molar-refractivity contribution in [1.82, 2.24) is 15.5 Å². The summed E-state index contributed by atoms with van der Waals surface area (Å²) in [7, 11) is 0. The van der Waals surface area contributed by atoms with Gasteiger partial charge < -0.3 is 20.7 Å². The van der Waals surface area contributed by atoms with Crippen LogP contribution in [0.15, 0.2) is 24.3 Å². The maximum absolute atomic E-state index is 12.4. The van der Waals surface area contributed by atoms with Crippen LogP contribution in [0.4, 0.5) is 10.5 Å². The molecule has 0 unspecified atom stereocenters. The van der Waals surface area contributed by atoms with Gasteiger partial charge in [-0.3, -0.25) is 9.69 Å². The molecule has 7 nitrogen and oxygen atoms in total. The molecule has 0 spiro atoms. The molecule has 1 aliphatic heterocycles. The lowest BCUT2D eigenvalue weighted by atomic mass is 9.86. The fourth-order valence-corrected chi connectivity index (χ4v) is 4.38. The van der Waals surface area contributed by atoms with Gasteiger partial charge in [0.1, 0.15) is 5.75 Å². The molecule has 30 heavy (non-hydrogen) atoms. The lowest BCUT2D eigenvalue weighted by Gasteiger charge is -2.33. The first-order chi connectivity index (χ1) is 14.5. The molecule has 2 aliphatic rings. The Morgan fingerprint density at radius 3 is 2.40 bits per heavy atom. The topological polar surface area (TPSA) is 82.7 Å². The molecule has 0 bridgehead atoms. The minimum atomic E-state index is -0.193. The summed E-state index contributed by atoms with van der Waals surface area (Å²) in [5, 5.41) is 9.14. The number of ether oxygens (including phenoxy) is 1. The van der Waals surface area contributed by atoms with Gasteiger partial charge in [-0.2, -0.15) is 0 Å². The molecule has 1 aliphatic carbocycles. The quantitative estimate of drug-likeness (QED) is 0.636. The molecule has 2 atom stereocenters. The second-order valence-corrected chi connectivity index (χ2v) is 8.54. The fourth-order valence-electron chi connectivity index (χ4n) is 4.38. The Morgan fingerprint density at radius 2 is 1.73 bits per heavy atom. The maximum Gasteiger partial charge on any atom is 0.319 e. The van der Waals surface area contributed by atoms with Crippen molar-refractivity contribution in [3.8, 4) is 5.75 Å². The third-order valence-electron chi connectivity index (χ3n) is 6.17. The van der Waals surface area contributed by atoms with Crippen LogP contribution in [0.1, 0.15) is 52.4 Å². The number of hydrogen-bond donors (Lipinski definition) is 3. The lowest BCUT2D eigenvalue weighted by Crippen LogP contribution is -2.50. The molecule has 3 N–H and O–H groups in total. The number of nitrogens with one attached hydrogen (secondary N) is 3. The van der Waals surface area contributed by atoms with Crippen LogP contribution in [0, 0.1) is 5.92 Å². The summed E-state index contributed by atoms with van der Waals surface area (Å²) in [5.41, 5.74) is 0.738. The van der Waals surface area contributed by atoms with Gasteiger partial charge in [-0.15, -0.1) is 0 Å². The molecule has 1 saturated heterocycles. The Hall–Kier alpha value is -2.28. The maximum atomic E-state index is 12.4. The zero-order valence-corrected chi connectivity index (χ0v) is 18.3. The first kappa shape index (κ1) is 22.4. The zero-order chi connectivity index (χ0) is 21.3. The van der Waals surface area contributed by atoms with Gasteiger partial charge in [0.15, 0.2) is 0 Å². The summed E-state index contributed by atoms with van der Waals surface area (Å²) in [6, 6.07) is 7.62. The number of amides is 3. The molecule has 3 amide bonds. The minimum absolute atomic E-state index is 0.130. The van der Waals surface area contributed by atoms with Gasteiger partial charge in [0.05, 0.1) is 13.2 Å². The van der Waals surface area contributed by atoms with Gasteiger partial charge in [0.2, 0.25) is 5.91 Å². The van der Waals surface area contributed by atoms with E-state index >= 15 is 0 Å². The van der Waals surface area contributed by atoms with E-state index in [1.54, 1.807) is 0 Å². The molecule has 1 heterocycles. The van der Waals surface area contributed by atoms with Crippen LogP contribution in [0.5, 0.6) is 5.75 Å². The summed E-state index contributed by atoms with van der Waals surface area (Å²) in [5.74, 6) is 1.50. The van der Waals surface area contributed by atoms with Crippen molar-refractivity contribution in [3.63, 3.8) is 0 Å². The summed E-state index contributed by atoms with van der Waals surface area (Å²) in [4.78, 5) is 26.9. The second-order valence-electron chi connectivity index (χ2n) is 8.54. The highest BCUT2D eigenvalue weighted by Crippen LogP contribution is 2.23. The number of anilines is 1. The molecule has 166 valence electrons. The molecule has 1 aromatic carbocycles. The smallest absolute Gasteiger partial charge is 0.319 e. The van der Waals surface area contributed by atoms with Crippen LogP contribution < -0.4 is 20.7 Å². The summed E-state index contributed by atoms with van der Waals surface area (Å²) < 4.78 is 5.41. The fraction of sp³-hybridized carbons (Fsp3) is 0.652. The van der Waals surface area contributed by atoms with Crippen molar-refractivity contribution >= 4 is 17.6 Å². The van der Waals surface area contributed by atoms with E-state index in [0.717, 1.165) is 43.8 Å². The largest absolute Gasteiger partial charge is 0.494 e. The highest BCUT2D eigenvalue weighted by Gasteiger charge is 2.25. The standard InChI is InChI=1S/C23H36N4O3/c1-3-30-20-10-8-18(9-11-20)24-23(29)25-19-12-14-27(15-13-19)16-22(28)26-21-7-5-4-6-17(21)2/h8-11,17,19,21H,3-7,12-16H2,1-2H3,(H,26,28)(H2,24,25,29)/t17-,21-/m1/s1. The van der Waals surface area contributed by atoms with Gasteiger partial charge in [-0.1, -0.05) is 19.8 Å². The first-order valence-electron chi connectivity index (χ1n) is 11.4. The predicted octanol–water partition coefficient (Wildman–Crippen LogP) is 3.37. The Kier molecular flexibility index (Phi) is 8.37. The molecule has 0 radical (unpaired) electrons. The monoisotopic (exact) mass is 416 g/mol. The Bertz CT molecular complexity index is 686. The molecular weight excluding hydrogens is 380 g/mol. The van der Waals surface area contributed by atoms with Gasteiger partial charge in [0.25, 0.3) is 0 Å². The van der Waals surface area contributed by atoms with Gasteiger partial charge >= 0.3 is 6.03 Å². The average Bonchev–Trinajstić information content (AvgIpc) is 2.73.